The third-order valence-electron chi connectivity index (χ3n) is 3.83. The van der Waals surface area contributed by atoms with Gasteiger partial charge in [0.2, 0.25) is 0 Å². The summed E-state index contributed by atoms with van der Waals surface area (Å²) in [6.07, 6.45) is 0. The fourth-order valence-corrected chi connectivity index (χ4v) is 2.27. The van der Waals surface area contributed by atoms with Crippen molar-refractivity contribution in [3.63, 3.8) is 0 Å². The molecule has 2 rings (SSSR count). The van der Waals surface area contributed by atoms with Crippen LogP contribution >= 0.6 is 0 Å². The molecule has 0 fully saturated rings. The molecule has 4 nitrogen and oxygen atoms in total. The summed E-state index contributed by atoms with van der Waals surface area (Å²) in [5, 5.41) is 20.7. The fourth-order valence-electron chi connectivity index (χ4n) is 2.27. The van der Waals surface area contributed by atoms with E-state index in [-0.39, 0.29) is 28.9 Å². The van der Waals surface area contributed by atoms with Gasteiger partial charge in [-0.1, -0.05) is 45.0 Å². The van der Waals surface area contributed by atoms with Gasteiger partial charge in [0, 0.05) is 17.7 Å². The highest BCUT2D eigenvalue weighted by molar-refractivity contribution is 6.58. The summed E-state index contributed by atoms with van der Waals surface area (Å²) >= 11 is 0. The number of rotatable bonds is 4. The maximum atomic E-state index is 13.9. The van der Waals surface area contributed by atoms with Crippen LogP contribution in [0.25, 0.3) is 0 Å². The molecule has 1 amide bonds. The minimum atomic E-state index is -1.72. The first kappa shape index (κ1) is 18.2. The Hall–Kier alpha value is -2.18. The lowest BCUT2D eigenvalue weighted by Crippen LogP contribution is -2.30. The van der Waals surface area contributed by atoms with Crippen molar-refractivity contribution >= 4 is 18.5 Å². The highest BCUT2D eigenvalue weighted by Crippen LogP contribution is 2.22. The minimum Gasteiger partial charge on any atom is -0.423 e. The molecule has 0 aliphatic heterocycles. The van der Waals surface area contributed by atoms with E-state index < -0.39 is 12.9 Å². The quantitative estimate of drug-likeness (QED) is 0.749. The molecule has 0 aromatic heterocycles. The van der Waals surface area contributed by atoms with Crippen molar-refractivity contribution < 1.29 is 19.2 Å². The average molecular weight is 329 g/mol. The lowest BCUT2D eigenvalue weighted by molar-refractivity contribution is 0.0950. The maximum absolute atomic E-state index is 13.9. The van der Waals surface area contributed by atoms with E-state index in [2.05, 4.69) is 26.1 Å². The maximum Gasteiger partial charge on any atom is 0.488 e. The van der Waals surface area contributed by atoms with Gasteiger partial charge in [0.15, 0.2) is 0 Å². The number of benzene rings is 2. The highest BCUT2D eigenvalue weighted by atomic mass is 19.1. The molecule has 0 spiro atoms. The number of hydrogen-bond acceptors (Lipinski definition) is 3. The molecule has 2 aromatic rings. The fraction of sp³-hybridized carbons (Fsp3) is 0.278. The Labute approximate surface area is 141 Å². The lowest BCUT2D eigenvalue weighted by atomic mass is 9.80. The third-order valence-corrected chi connectivity index (χ3v) is 3.83. The zero-order valence-corrected chi connectivity index (χ0v) is 14.0. The number of hydrogen-bond donors (Lipinski definition) is 3. The molecule has 6 heteroatoms. The first-order chi connectivity index (χ1) is 11.2. The molecule has 0 atom stereocenters. The van der Waals surface area contributed by atoms with Crippen LogP contribution in [0.2, 0.25) is 0 Å². The Morgan fingerprint density at radius 2 is 1.75 bits per heavy atom. The van der Waals surface area contributed by atoms with E-state index in [1.165, 1.54) is 12.1 Å². The molecule has 0 bridgehead atoms. The zero-order valence-electron chi connectivity index (χ0n) is 14.0. The Bertz CT molecular complexity index is 724. The van der Waals surface area contributed by atoms with Gasteiger partial charge in [-0.25, -0.2) is 4.39 Å². The van der Waals surface area contributed by atoms with Gasteiger partial charge in [0.1, 0.15) is 5.82 Å². The molecular weight excluding hydrogens is 308 g/mol. The number of carbonyl (C=O) groups is 1. The van der Waals surface area contributed by atoms with Crippen molar-refractivity contribution in [1.82, 2.24) is 5.32 Å². The highest BCUT2D eigenvalue weighted by Gasteiger charge is 2.16. The van der Waals surface area contributed by atoms with Gasteiger partial charge in [0.25, 0.3) is 5.91 Å². The van der Waals surface area contributed by atoms with Crippen LogP contribution in [0.4, 0.5) is 4.39 Å². The van der Waals surface area contributed by atoms with Crippen molar-refractivity contribution in [3.05, 3.63) is 65.0 Å². The van der Waals surface area contributed by atoms with Crippen molar-refractivity contribution in [2.45, 2.75) is 32.7 Å². The Kier molecular flexibility index (Phi) is 5.42. The summed E-state index contributed by atoms with van der Waals surface area (Å²) < 4.78 is 13.9. The molecule has 2 aromatic carbocycles. The van der Waals surface area contributed by atoms with Crippen molar-refractivity contribution in [2.24, 2.45) is 0 Å². The number of carbonyl (C=O) groups excluding carboxylic acids is 1. The van der Waals surface area contributed by atoms with Gasteiger partial charge >= 0.3 is 7.12 Å². The summed E-state index contributed by atoms with van der Waals surface area (Å²) in [5.74, 6) is -0.884. The van der Waals surface area contributed by atoms with Crippen LogP contribution in [0.5, 0.6) is 0 Å². The van der Waals surface area contributed by atoms with E-state index in [4.69, 9.17) is 10.0 Å². The number of halogens is 1. The van der Waals surface area contributed by atoms with Crippen LogP contribution in [0, 0.1) is 5.82 Å². The molecule has 126 valence electrons. The van der Waals surface area contributed by atoms with Crippen LogP contribution < -0.4 is 10.8 Å². The summed E-state index contributed by atoms with van der Waals surface area (Å²) in [6.45, 7) is 6.31. The average Bonchev–Trinajstić information content (AvgIpc) is 2.52. The molecule has 0 heterocycles. The van der Waals surface area contributed by atoms with Gasteiger partial charge in [-0.2, -0.15) is 0 Å². The molecule has 0 unspecified atom stereocenters. The second-order valence-corrected chi connectivity index (χ2v) is 6.73. The van der Waals surface area contributed by atoms with E-state index >= 15 is 0 Å². The van der Waals surface area contributed by atoms with Gasteiger partial charge in [-0.3, -0.25) is 4.79 Å². The van der Waals surface area contributed by atoms with Crippen molar-refractivity contribution in [1.29, 1.82) is 0 Å². The SMILES string of the molecule is CC(C)(C)c1ccc(C(=O)NCc2ccc(B(O)O)cc2F)cc1. The second-order valence-electron chi connectivity index (χ2n) is 6.73. The monoisotopic (exact) mass is 329 g/mol. The van der Waals surface area contributed by atoms with Gasteiger partial charge in [0.05, 0.1) is 0 Å². The summed E-state index contributed by atoms with van der Waals surface area (Å²) in [4.78, 5) is 12.2. The van der Waals surface area contributed by atoms with E-state index in [1.807, 2.05) is 12.1 Å². The van der Waals surface area contributed by atoms with Crippen molar-refractivity contribution in [2.75, 3.05) is 0 Å². The predicted octanol–water partition coefficient (Wildman–Crippen LogP) is 1.73. The molecule has 0 radical (unpaired) electrons. The van der Waals surface area contributed by atoms with Crippen LogP contribution in [0.1, 0.15) is 42.3 Å². The van der Waals surface area contributed by atoms with Gasteiger partial charge in [-0.05, 0) is 34.6 Å². The second kappa shape index (κ2) is 7.15. The Morgan fingerprint density at radius 3 is 2.25 bits per heavy atom. The summed E-state index contributed by atoms with van der Waals surface area (Å²) in [6, 6.07) is 11.2. The molecule has 0 aliphatic rings. The summed E-state index contributed by atoms with van der Waals surface area (Å²) in [7, 11) is -1.72. The molecule has 0 saturated heterocycles. The molecule has 24 heavy (non-hydrogen) atoms. The molecule has 3 N–H and O–H groups in total. The van der Waals surface area contributed by atoms with E-state index in [0.29, 0.717) is 5.56 Å². The topological polar surface area (TPSA) is 69.6 Å². The van der Waals surface area contributed by atoms with Crippen LogP contribution in [0.15, 0.2) is 42.5 Å². The van der Waals surface area contributed by atoms with Crippen LogP contribution in [-0.4, -0.2) is 23.1 Å². The largest absolute Gasteiger partial charge is 0.488 e. The van der Waals surface area contributed by atoms with Crippen molar-refractivity contribution in [3.8, 4) is 0 Å². The molecular formula is C18H21BFNO3. The van der Waals surface area contributed by atoms with Crippen LogP contribution in [-0.2, 0) is 12.0 Å². The van der Waals surface area contributed by atoms with Gasteiger partial charge in [-0.15, -0.1) is 0 Å². The number of amides is 1. The normalized spacial score (nSPS) is 11.2. The Balaban J connectivity index is 2.03. The third kappa shape index (κ3) is 4.43. The first-order valence-electron chi connectivity index (χ1n) is 7.71. The standard InChI is InChI=1S/C18H21BFNO3/c1-18(2,3)14-7-4-12(5-8-14)17(22)21-11-13-6-9-15(19(23)24)10-16(13)20/h4-10,23-24H,11H2,1-3H3,(H,21,22). The summed E-state index contributed by atoms with van der Waals surface area (Å²) in [5.41, 5.74) is 1.99. The van der Waals surface area contributed by atoms with E-state index in [0.717, 1.165) is 11.6 Å². The zero-order chi connectivity index (χ0) is 17.9. The smallest absolute Gasteiger partial charge is 0.423 e. The number of nitrogens with one attached hydrogen (secondary N) is 1. The van der Waals surface area contributed by atoms with E-state index in [9.17, 15) is 9.18 Å². The first-order valence-corrected chi connectivity index (χ1v) is 7.71. The van der Waals surface area contributed by atoms with Gasteiger partial charge < -0.3 is 15.4 Å². The minimum absolute atomic E-state index is 0.0111. The predicted molar refractivity (Wildman–Crippen MR) is 92.5 cm³/mol. The Morgan fingerprint density at radius 1 is 1.12 bits per heavy atom. The van der Waals surface area contributed by atoms with E-state index in [1.54, 1.807) is 12.1 Å². The van der Waals surface area contributed by atoms with Crippen LogP contribution in [0.3, 0.4) is 0 Å². The lowest BCUT2D eigenvalue weighted by Gasteiger charge is -2.19. The molecule has 0 saturated carbocycles. The molecule has 0 aliphatic carbocycles.